The van der Waals surface area contributed by atoms with Crippen molar-refractivity contribution in [3.05, 3.63) is 0 Å². The summed E-state index contributed by atoms with van der Waals surface area (Å²) in [5, 5.41) is 2.61. The number of carbonyl (C=O) groups excluding carboxylic acids is 2. The van der Waals surface area contributed by atoms with Gasteiger partial charge in [-0.05, 0) is 32.6 Å². The van der Waals surface area contributed by atoms with Gasteiger partial charge < -0.3 is 10.2 Å². The molecule has 1 unspecified atom stereocenters. The first-order chi connectivity index (χ1) is 8.06. The second-order valence-corrected chi connectivity index (χ2v) is 4.61. The number of nitrogens with zero attached hydrogens (tertiary/aromatic N) is 1. The molecule has 1 N–H and O–H groups in total. The van der Waals surface area contributed by atoms with E-state index in [2.05, 4.69) is 5.32 Å². The van der Waals surface area contributed by atoms with Gasteiger partial charge in [0.05, 0.1) is 13.2 Å². The zero-order valence-corrected chi connectivity index (χ0v) is 10.6. The molecule has 0 bridgehead atoms. The van der Waals surface area contributed by atoms with Crippen molar-refractivity contribution in [3.8, 4) is 0 Å². The van der Waals surface area contributed by atoms with E-state index < -0.39 is 5.54 Å². The Morgan fingerprint density at radius 3 is 2.65 bits per heavy atom. The van der Waals surface area contributed by atoms with Crippen LogP contribution < -0.4 is 5.32 Å². The Hall–Kier alpha value is -1.13. The topological polar surface area (TPSA) is 49.4 Å². The normalized spacial score (nSPS) is 25.0. The first-order valence-corrected chi connectivity index (χ1v) is 6.21. The lowest BCUT2D eigenvalue weighted by molar-refractivity contribution is -0.152. The zero-order chi connectivity index (χ0) is 12.9. The molecule has 98 valence electrons. The van der Waals surface area contributed by atoms with E-state index >= 15 is 0 Å². The molecule has 1 aliphatic heterocycles. The maximum Gasteiger partial charge on any atom is 0.246 e. The Bertz CT molecular complexity index is 296. The Balaban J connectivity index is 2.63. The van der Waals surface area contributed by atoms with Crippen LogP contribution in [0.5, 0.6) is 0 Å². The van der Waals surface area contributed by atoms with Crippen LogP contribution in [0.4, 0.5) is 4.39 Å². The van der Waals surface area contributed by atoms with Crippen LogP contribution in [-0.2, 0) is 9.59 Å². The second kappa shape index (κ2) is 5.98. The summed E-state index contributed by atoms with van der Waals surface area (Å²) in [6.07, 6.45) is 2.62. The zero-order valence-electron chi connectivity index (χ0n) is 10.6. The van der Waals surface area contributed by atoms with Crippen molar-refractivity contribution in [2.75, 3.05) is 19.8 Å². The fourth-order valence-electron chi connectivity index (χ4n) is 2.10. The molecule has 1 rings (SSSR count). The largest absolute Gasteiger partial charge is 0.345 e. The van der Waals surface area contributed by atoms with E-state index in [9.17, 15) is 14.0 Å². The summed E-state index contributed by atoms with van der Waals surface area (Å²) in [6, 6.07) is 0. The van der Waals surface area contributed by atoms with Gasteiger partial charge in [-0.25, -0.2) is 0 Å². The number of rotatable bonds is 6. The van der Waals surface area contributed by atoms with Crippen molar-refractivity contribution in [2.24, 2.45) is 0 Å². The minimum Gasteiger partial charge on any atom is -0.345 e. The monoisotopic (exact) mass is 244 g/mol. The van der Waals surface area contributed by atoms with Gasteiger partial charge in [0.1, 0.15) is 5.54 Å². The lowest BCUT2D eigenvalue weighted by Gasteiger charge is -2.43. The molecular weight excluding hydrogens is 223 g/mol. The fraction of sp³-hybridized carbons (Fsp3) is 0.833. The third kappa shape index (κ3) is 2.96. The number of unbranched alkanes of at least 4 members (excludes halogenated alkanes) is 2. The van der Waals surface area contributed by atoms with Crippen molar-refractivity contribution >= 4 is 11.8 Å². The molecule has 1 saturated heterocycles. The summed E-state index contributed by atoms with van der Waals surface area (Å²) in [5.41, 5.74) is -0.745. The number of hydrogen-bond acceptors (Lipinski definition) is 2. The van der Waals surface area contributed by atoms with Gasteiger partial charge in [0.15, 0.2) is 0 Å². The summed E-state index contributed by atoms with van der Waals surface area (Å²) >= 11 is 0. The smallest absolute Gasteiger partial charge is 0.246 e. The van der Waals surface area contributed by atoms with Crippen LogP contribution in [-0.4, -0.2) is 42.0 Å². The standard InChI is InChI=1S/C12H21FN2O2/c1-3-12(2)11(17)14-9-10(16)15(12)8-6-4-5-7-13/h3-9H2,1-2H3,(H,14,17). The second-order valence-electron chi connectivity index (χ2n) is 4.61. The Morgan fingerprint density at radius 2 is 2.06 bits per heavy atom. The predicted molar refractivity (Wildman–Crippen MR) is 63.2 cm³/mol. The van der Waals surface area contributed by atoms with E-state index in [0.29, 0.717) is 19.4 Å². The molecule has 0 aromatic heterocycles. The Labute approximate surface area is 102 Å². The van der Waals surface area contributed by atoms with Crippen LogP contribution in [0, 0.1) is 0 Å². The molecule has 0 aromatic carbocycles. The first-order valence-electron chi connectivity index (χ1n) is 6.21. The Morgan fingerprint density at radius 1 is 1.35 bits per heavy atom. The summed E-state index contributed by atoms with van der Waals surface area (Å²) in [7, 11) is 0. The van der Waals surface area contributed by atoms with E-state index in [1.165, 1.54) is 0 Å². The van der Waals surface area contributed by atoms with Gasteiger partial charge in [0.2, 0.25) is 11.8 Å². The summed E-state index contributed by atoms with van der Waals surface area (Å²) in [6.45, 7) is 3.98. The van der Waals surface area contributed by atoms with E-state index in [4.69, 9.17) is 0 Å². The van der Waals surface area contributed by atoms with Crippen molar-refractivity contribution in [1.82, 2.24) is 10.2 Å². The summed E-state index contributed by atoms with van der Waals surface area (Å²) in [5.74, 6) is -0.140. The molecule has 4 nitrogen and oxygen atoms in total. The van der Waals surface area contributed by atoms with Crippen LogP contribution in [0.3, 0.4) is 0 Å². The maximum absolute atomic E-state index is 12.0. The third-order valence-corrected chi connectivity index (χ3v) is 3.49. The van der Waals surface area contributed by atoms with Crippen LogP contribution >= 0.6 is 0 Å². The average Bonchev–Trinajstić information content (AvgIpc) is 2.33. The molecule has 0 aliphatic carbocycles. The van der Waals surface area contributed by atoms with E-state index in [1.807, 2.05) is 6.92 Å². The Kier molecular flexibility index (Phi) is 4.90. The lowest BCUT2D eigenvalue weighted by atomic mass is 9.92. The quantitative estimate of drug-likeness (QED) is 0.715. The number of nitrogens with one attached hydrogen (secondary N) is 1. The molecule has 5 heteroatoms. The van der Waals surface area contributed by atoms with Gasteiger partial charge in [0, 0.05) is 6.54 Å². The molecule has 1 fully saturated rings. The molecule has 17 heavy (non-hydrogen) atoms. The van der Waals surface area contributed by atoms with Crippen molar-refractivity contribution in [1.29, 1.82) is 0 Å². The van der Waals surface area contributed by atoms with Crippen LogP contribution in [0.2, 0.25) is 0 Å². The number of carbonyl (C=O) groups is 2. The SMILES string of the molecule is CCC1(C)C(=O)NCC(=O)N1CCCCCF. The molecule has 0 saturated carbocycles. The van der Waals surface area contributed by atoms with Crippen LogP contribution in [0.15, 0.2) is 0 Å². The van der Waals surface area contributed by atoms with Gasteiger partial charge in [-0.1, -0.05) is 6.92 Å². The highest BCUT2D eigenvalue weighted by Gasteiger charge is 2.43. The van der Waals surface area contributed by atoms with Gasteiger partial charge >= 0.3 is 0 Å². The molecular formula is C12H21FN2O2. The molecule has 1 atom stereocenters. The summed E-state index contributed by atoms with van der Waals surface area (Å²) < 4.78 is 12.0. The van der Waals surface area contributed by atoms with Crippen LogP contribution in [0.1, 0.15) is 39.5 Å². The average molecular weight is 244 g/mol. The number of amides is 2. The highest BCUT2D eigenvalue weighted by molar-refractivity contribution is 5.97. The molecule has 0 radical (unpaired) electrons. The molecule has 1 aliphatic rings. The molecule has 2 amide bonds. The van der Waals surface area contributed by atoms with Gasteiger partial charge in [-0.3, -0.25) is 14.0 Å². The highest BCUT2D eigenvalue weighted by Crippen LogP contribution is 2.23. The van der Waals surface area contributed by atoms with E-state index in [1.54, 1.807) is 11.8 Å². The molecule has 0 aromatic rings. The lowest BCUT2D eigenvalue weighted by Crippen LogP contribution is -2.65. The number of hydrogen-bond donors (Lipinski definition) is 1. The maximum atomic E-state index is 12.0. The van der Waals surface area contributed by atoms with E-state index in [-0.39, 0.29) is 25.0 Å². The van der Waals surface area contributed by atoms with Gasteiger partial charge in [-0.2, -0.15) is 0 Å². The summed E-state index contributed by atoms with van der Waals surface area (Å²) in [4.78, 5) is 25.3. The van der Waals surface area contributed by atoms with Gasteiger partial charge in [-0.15, -0.1) is 0 Å². The minimum absolute atomic E-state index is 0.0470. The van der Waals surface area contributed by atoms with E-state index in [0.717, 1.165) is 12.8 Å². The number of piperazine rings is 1. The van der Waals surface area contributed by atoms with Crippen LogP contribution in [0.25, 0.3) is 0 Å². The number of alkyl halides is 1. The first kappa shape index (κ1) is 13.9. The van der Waals surface area contributed by atoms with Crippen molar-refractivity contribution < 1.29 is 14.0 Å². The fourth-order valence-corrected chi connectivity index (χ4v) is 2.10. The minimum atomic E-state index is -0.745. The highest BCUT2D eigenvalue weighted by atomic mass is 19.1. The van der Waals surface area contributed by atoms with Crippen molar-refractivity contribution in [3.63, 3.8) is 0 Å². The molecule has 0 spiro atoms. The third-order valence-electron chi connectivity index (χ3n) is 3.49. The van der Waals surface area contributed by atoms with Gasteiger partial charge in [0.25, 0.3) is 0 Å². The number of halogens is 1. The molecule has 1 heterocycles. The predicted octanol–water partition coefficient (Wildman–Crippen LogP) is 1.25. The van der Waals surface area contributed by atoms with Crippen molar-refractivity contribution in [2.45, 2.75) is 45.1 Å².